The highest BCUT2D eigenvalue weighted by molar-refractivity contribution is 7.89. The van der Waals surface area contributed by atoms with Crippen LogP contribution in [0, 0.1) is 5.82 Å². The first-order chi connectivity index (χ1) is 14.8. The van der Waals surface area contributed by atoms with Gasteiger partial charge in [0, 0.05) is 16.7 Å². The van der Waals surface area contributed by atoms with Crippen LogP contribution >= 0.6 is 0 Å². The first-order valence-corrected chi connectivity index (χ1v) is 10.7. The lowest BCUT2D eigenvalue weighted by atomic mass is 9.98. The molecule has 1 aromatic heterocycles. The van der Waals surface area contributed by atoms with Crippen LogP contribution in [0.15, 0.2) is 83.8 Å². The molecule has 0 saturated heterocycles. The summed E-state index contributed by atoms with van der Waals surface area (Å²) in [7, 11) is -3.94. The second-order valence-electron chi connectivity index (χ2n) is 6.71. The molecule has 2 N–H and O–H groups in total. The molecular formula is C22H16F3N3O2S. The molecule has 0 fully saturated rings. The number of rotatable bonds is 5. The summed E-state index contributed by atoms with van der Waals surface area (Å²) in [5.74, 6) is -0.681. The predicted octanol–water partition coefficient (Wildman–Crippen LogP) is 4.93. The van der Waals surface area contributed by atoms with Gasteiger partial charge in [0.1, 0.15) is 11.5 Å². The van der Waals surface area contributed by atoms with Gasteiger partial charge in [-0.1, -0.05) is 48.5 Å². The van der Waals surface area contributed by atoms with Crippen molar-refractivity contribution < 1.29 is 21.6 Å². The number of primary sulfonamides is 1. The number of alkyl halides is 2. The largest absolute Gasteiger partial charge is 0.282 e. The van der Waals surface area contributed by atoms with Gasteiger partial charge in [-0.15, -0.1) is 0 Å². The lowest BCUT2D eigenvalue weighted by Gasteiger charge is -2.12. The quantitative estimate of drug-likeness (QED) is 0.475. The Labute approximate surface area is 176 Å². The zero-order valence-corrected chi connectivity index (χ0v) is 16.7. The number of aromatic nitrogens is 2. The molecule has 4 rings (SSSR count). The minimum atomic E-state index is -3.94. The molecule has 0 spiro atoms. The fourth-order valence-electron chi connectivity index (χ4n) is 3.34. The summed E-state index contributed by atoms with van der Waals surface area (Å²) in [6.07, 6.45) is -2.97. The van der Waals surface area contributed by atoms with E-state index in [4.69, 9.17) is 5.14 Å². The lowest BCUT2D eigenvalue weighted by Crippen LogP contribution is -2.11. The summed E-state index contributed by atoms with van der Waals surface area (Å²) >= 11 is 0. The van der Waals surface area contributed by atoms with E-state index in [9.17, 15) is 21.6 Å². The van der Waals surface area contributed by atoms with Crippen LogP contribution in [0.25, 0.3) is 28.1 Å². The maximum absolute atomic E-state index is 14.7. The highest BCUT2D eigenvalue weighted by Crippen LogP contribution is 2.41. The number of sulfonamides is 1. The average Bonchev–Trinajstić information content (AvgIpc) is 3.15. The van der Waals surface area contributed by atoms with Crippen molar-refractivity contribution in [3.8, 4) is 28.1 Å². The number of para-hydroxylation sites is 1. The van der Waals surface area contributed by atoms with Crippen LogP contribution in [0.5, 0.6) is 0 Å². The van der Waals surface area contributed by atoms with Gasteiger partial charge in [-0.25, -0.2) is 31.4 Å². The number of benzene rings is 3. The monoisotopic (exact) mass is 443 g/mol. The van der Waals surface area contributed by atoms with Crippen molar-refractivity contribution in [1.82, 2.24) is 9.78 Å². The van der Waals surface area contributed by atoms with Crippen LogP contribution in [0.4, 0.5) is 13.2 Å². The van der Waals surface area contributed by atoms with Gasteiger partial charge >= 0.3 is 0 Å². The van der Waals surface area contributed by atoms with E-state index in [1.807, 2.05) is 0 Å². The first-order valence-electron chi connectivity index (χ1n) is 9.12. The zero-order chi connectivity index (χ0) is 22.2. The molecule has 4 aromatic rings. The molecular weight excluding hydrogens is 427 g/mol. The van der Waals surface area contributed by atoms with E-state index in [2.05, 4.69) is 5.10 Å². The van der Waals surface area contributed by atoms with Gasteiger partial charge in [0.05, 0.1) is 16.3 Å². The minimum absolute atomic E-state index is 0.0366. The van der Waals surface area contributed by atoms with Crippen molar-refractivity contribution in [2.75, 3.05) is 0 Å². The van der Waals surface area contributed by atoms with Gasteiger partial charge in [0.25, 0.3) is 6.43 Å². The summed E-state index contributed by atoms with van der Waals surface area (Å²) in [6.45, 7) is 0. The molecule has 0 saturated carbocycles. The number of nitrogens with zero attached hydrogens (tertiary/aromatic N) is 2. The molecule has 0 aliphatic rings. The van der Waals surface area contributed by atoms with Gasteiger partial charge in [-0.2, -0.15) is 5.10 Å². The molecule has 0 atom stereocenters. The highest BCUT2D eigenvalue weighted by atomic mass is 32.2. The molecule has 0 bridgehead atoms. The van der Waals surface area contributed by atoms with Crippen LogP contribution in [0.1, 0.15) is 12.1 Å². The van der Waals surface area contributed by atoms with E-state index in [-0.39, 0.29) is 21.7 Å². The van der Waals surface area contributed by atoms with Crippen LogP contribution in [-0.4, -0.2) is 18.2 Å². The molecule has 0 radical (unpaired) electrons. The molecule has 158 valence electrons. The lowest BCUT2D eigenvalue weighted by molar-refractivity contribution is 0.146. The minimum Gasteiger partial charge on any atom is -0.232 e. The van der Waals surface area contributed by atoms with Crippen LogP contribution in [0.3, 0.4) is 0 Å². The van der Waals surface area contributed by atoms with Crippen molar-refractivity contribution in [1.29, 1.82) is 0 Å². The van der Waals surface area contributed by atoms with Crippen molar-refractivity contribution in [2.24, 2.45) is 5.14 Å². The molecule has 3 aromatic carbocycles. The maximum Gasteiger partial charge on any atom is 0.282 e. The molecule has 9 heteroatoms. The smallest absolute Gasteiger partial charge is 0.232 e. The summed E-state index contributed by atoms with van der Waals surface area (Å²) in [5.41, 5.74) is 0.365. The van der Waals surface area contributed by atoms with E-state index < -0.39 is 28.0 Å². The van der Waals surface area contributed by atoms with Gasteiger partial charge in [0.2, 0.25) is 10.0 Å². The third-order valence-electron chi connectivity index (χ3n) is 4.72. The number of nitrogens with two attached hydrogens (primary N) is 1. The fraction of sp³-hybridized carbons (Fsp3) is 0.0455. The number of hydrogen-bond acceptors (Lipinski definition) is 3. The van der Waals surface area contributed by atoms with Gasteiger partial charge in [0.15, 0.2) is 0 Å². The van der Waals surface area contributed by atoms with E-state index in [0.717, 1.165) is 0 Å². The van der Waals surface area contributed by atoms with Gasteiger partial charge in [-0.05, 0) is 30.3 Å². The maximum atomic E-state index is 14.7. The van der Waals surface area contributed by atoms with Gasteiger partial charge < -0.3 is 0 Å². The standard InChI is InChI=1S/C22H16F3N3O2S/c23-18-9-5-4-8-17(18)19-20(22(24)25)27-28(15-6-2-1-3-7-15)21(19)14-10-12-16(13-11-14)31(26,29)30/h1-13,22H,(H2,26,29,30). The summed E-state index contributed by atoms with van der Waals surface area (Å²) in [5, 5.41) is 9.26. The summed E-state index contributed by atoms with van der Waals surface area (Å²) in [6, 6.07) is 19.5. The summed E-state index contributed by atoms with van der Waals surface area (Å²) in [4.78, 5) is -0.136. The summed E-state index contributed by atoms with van der Waals surface area (Å²) < 4.78 is 67.2. The molecule has 0 aliphatic heterocycles. The fourth-order valence-corrected chi connectivity index (χ4v) is 3.86. The van der Waals surface area contributed by atoms with E-state index >= 15 is 0 Å². The Balaban J connectivity index is 2.07. The third-order valence-corrected chi connectivity index (χ3v) is 5.65. The average molecular weight is 443 g/mol. The normalized spacial score (nSPS) is 11.8. The van der Waals surface area contributed by atoms with Crippen molar-refractivity contribution in [3.63, 3.8) is 0 Å². The Morgan fingerprint density at radius 3 is 2.06 bits per heavy atom. The Morgan fingerprint density at radius 2 is 1.48 bits per heavy atom. The molecule has 31 heavy (non-hydrogen) atoms. The van der Waals surface area contributed by atoms with Crippen molar-refractivity contribution >= 4 is 10.0 Å². The molecule has 0 amide bonds. The third kappa shape index (κ3) is 3.97. The second kappa shape index (κ2) is 8.01. The number of halogens is 3. The van der Waals surface area contributed by atoms with Crippen molar-refractivity contribution in [2.45, 2.75) is 11.3 Å². The van der Waals surface area contributed by atoms with E-state index in [1.54, 1.807) is 36.4 Å². The Bertz CT molecular complexity index is 1340. The molecule has 0 aliphatic carbocycles. The van der Waals surface area contributed by atoms with Crippen LogP contribution < -0.4 is 5.14 Å². The first kappa shape index (κ1) is 20.8. The van der Waals surface area contributed by atoms with E-state index in [1.165, 1.54) is 47.1 Å². The zero-order valence-electron chi connectivity index (χ0n) is 15.9. The van der Waals surface area contributed by atoms with Crippen LogP contribution in [0.2, 0.25) is 0 Å². The molecule has 5 nitrogen and oxygen atoms in total. The van der Waals surface area contributed by atoms with Gasteiger partial charge in [-0.3, -0.25) is 0 Å². The van der Waals surface area contributed by atoms with Crippen LogP contribution in [-0.2, 0) is 10.0 Å². The second-order valence-corrected chi connectivity index (χ2v) is 8.27. The predicted molar refractivity (Wildman–Crippen MR) is 111 cm³/mol. The highest BCUT2D eigenvalue weighted by Gasteiger charge is 2.28. The van der Waals surface area contributed by atoms with Crippen molar-refractivity contribution in [3.05, 3.63) is 90.4 Å². The Kier molecular flexibility index (Phi) is 5.38. The Hall–Kier alpha value is -3.43. The van der Waals surface area contributed by atoms with E-state index in [0.29, 0.717) is 11.3 Å². The molecule has 0 unspecified atom stereocenters. The SMILES string of the molecule is NS(=O)(=O)c1ccc(-c2c(-c3ccccc3F)c(C(F)F)nn2-c2ccccc2)cc1. The topological polar surface area (TPSA) is 78.0 Å². The number of hydrogen-bond donors (Lipinski definition) is 1. The molecule has 1 heterocycles. The Morgan fingerprint density at radius 1 is 0.871 bits per heavy atom.